The number of nitrogens with zero attached hydrogens (tertiary/aromatic N) is 3. The Kier molecular flexibility index (Phi) is 6.69. The zero-order valence-corrected chi connectivity index (χ0v) is 23.7. The fourth-order valence-corrected chi connectivity index (χ4v) is 5.35. The average molecular weight is 606 g/mol. The summed E-state index contributed by atoms with van der Waals surface area (Å²) in [5.41, 5.74) is 1.30. The van der Waals surface area contributed by atoms with E-state index in [9.17, 15) is 22.0 Å². The summed E-state index contributed by atoms with van der Waals surface area (Å²) in [5, 5.41) is 3.08. The van der Waals surface area contributed by atoms with E-state index in [0.29, 0.717) is 11.1 Å². The summed E-state index contributed by atoms with van der Waals surface area (Å²) in [6, 6.07) is 14.1. The number of sulfonamides is 1. The average Bonchev–Trinajstić information content (AvgIpc) is 3.58. The van der Waals surface area contributed by atoms with Gasteiger partial charge < -0.3 is 14.7 Å². The molecule has 2 N–H and O–H groups in total. The van der Waals surface area contributed by atoms with Crippen LogP contribution in [0.15, 0.2) is 71.3 Å². The number of nitrogens with one attached hydrogen (secondary N) is 2. The molecule has 43 heavy (non-hydrogen) atoms. The third kappa shape index (κ3) is 4.87. The lowest BCUT2D eigenvalue weighted by Gasteiger charge is -2.20. The molecule has 0 atom stereocenters. The molecule has 0 spiro atoms. The lowest BCUT2D eigenvalue weighted by atomic mass is 10.0. The Labute approximate surface area is 243 Å². The summed E-state index contributed by atoms with van der Waals surface area (Å²) in [5.74, 6) is -2.26. The first-order valence-electron chi connectivity index (χ1n) is 12.8. The monoisotopic (exact) mass is 605 g/mol. The predicted octanol–water partition coefficient (Wildman–Crippen LogP) is 5.88. The topological polar surface area (TPSA) is 121 Å². The number of aromatic nitrogens is 3. The van der Waals surface area contributed by atoms with Crippen molar-refractivity contribution in [2.75, 3.05) is 24.7 Å². The Bertz CT molecular complexity index is 2180. The molecule has 0 aliphatic carbocycles. The highest BCUT2D eigenvalue weighted by Crippen LogP contribution is 2.41. The van der Waals surface area contributed by atoms with Gasteiger partial charge in [0.05, 0.1) is 29.4 Å². The highest BCUT2D eigenvalue weighted by Gasteiger charge is 2.27. The van der Waals surface area contributed by atoms with E-state index >= 15 is 4.39 Å². The van der Waals surface area contributed by atoms with Gasteiger partial charge in [-0.05, 0) is 48.5 Å². The van der Waals surface area contributed by atoms with Crippen LogP contribution in [-0.4, -0.2) is 49.6 Å². The first-order valence-corrected chi connectivity index (χ1v) is 14.6. The van der Waals surface area contributed by atoms with Crippen LogP contribution < -0.4 is 9.62 Å². The minimum absolute atomic E-state index is 0.0738. The smallest absolute Gasteiger partial charge is 0.255 e. The molecule has 6 rings (SSSR count). The predicted molar refractivity (Wildman–Crippen MR) is 156 cm³/mol. The molecule has 0 aliphatic heterocycles. The number of carbonyl (C=O) groups is 1. The van der Waals surface area contributed by atoms with Crippen molar-refractivity contribution in [3.63, 3.8) is 0 Å². The molecule has 0 unspecified atom stereocenters. The summed E-state index contributed by atoms with van der Waals surface area (Å²) in [6.07, 6.45) is 1.92. The first kappa shape index (κ1) is 28.0. The summed E-state index contributed by atoms with van der Waals surface area (Å²) in [7, 11) is -1.09. The van der Waals surface area contributed by atoms with Crippen LogP contribution in [0.25, 0.3) is 56.0 Å². The molecule has 0 fully saturated rings. The lowest BCUT2D eigenvalue weighted by Crippen LogP contribution is -2.25. The van der Waals surface area contributed by atoms with Crippen molar-refractivity contribution in [3.8, 4) is 34.1 Å². The zero-order valence-electron chi connectivity index (χ0n) is 22.9. The van der Waals surface area contributed by atoms with E-state index in [-0.39, 0.29) is 56.1 Å². The number of hydrogen-bond acceptors (Lipinski definition) is 6. The number of rotatable bonds is 6. The normalized spacial score (nSPS) is 11.8. The molecule has 0 saturated heterocycles. The van der Waals surface area contributed by atoms with Crippen LogP contribution in [0.4, 0.5) is 18.9 Å². The molecule has 1 amide bonds. The maximum absolute atomic E-state index is 15.1. The van der Waals surface area contributed by atoms with Gasteiger partial charge >= 0.3 is 0 Å². The van der Waals surface area contributed by atoms with Gasteiger partial charge in [-0.2, -0.15) is 0 Å². The highest BCUT2D eigenvalue weighted by molar-refractivity contribution is 7.92. The van der Waals surface area contributed by atoms with E-state index in [1.165, 1.54) is 68.7 Å². The summed E-state index contributed by atoms with van der Waals surface area (Å²) < 4.78 is 75.5. The number of anilines is 1. The number of amides is 1. The molecule has 9 nitrogen and oxygen atoms in total. The number of H-pyrrole nitrogens is 1. The molecule has 3 aromatic heterocycles. The Balaban J connectivity index is 1.63. The van der Waals surface area contributed by atoms with Gasteiger partial charge in [0.2, 0.25) is 10.0 Å². The van der Waals surface area contributed by atoms with Crippen LogP contribution in [0.1, 0.15) is 10.4 Å². The fraction of sp³-hybridized carbons (Fsp3) is 0.100. The van der Waals surface area contributed by atoms with Crippen molar-refractivity contribution in [2.24, 2.45) is 0 Å². The third-order valence-electron chi connectivity index (χ3n) is 7.05. The number of furan rings is 1. The van der Waals surface area contributed by atoms with Gasteiger partial charge in [-0.25, -0.2) is 31.6 Å². The van der Waals surface area contributed by atoms with Crippen LogP contribution in [0.3, 0.4) is 0 Å². The first-order chi connectivity index (χ1) is 20.5. The van der Waals surface area contributed by atoms with Gasteiger partial charge in [-0.1, -0.05) is 6.07 Å². The van der Waals surface area contributed by atoms with Crippen molar-refractivity contribution >= 4 is 43.5 Å². The minimum Gasteiger partial charge on any atom is -0.455 e. The van der Waals surface area contributed by atoms with E-state index in [0.717, 1.165) is 16.8 Å². The number of hydrogen-bond donors (Lipinski definition) is 2. The van der Waals surface area contributed by atoms with Crippen LogP contribution in [0, 0.1) is 17.5 Å². The molecule has 3 aromatic carbocycles. The lowest BCUT2D eigenvalue weighted by molar-refractivity contribution is 0.0964. The maximum Gasteiger partial charge on any atom is 0.255 e. The number of benzene rings is 3. The third-order valence-corrected chi connectivity index (χ3v) is 8.25. The second-order valence-electron chi connectivity index (χ2n) is 9.76. The van der Waals surface area contributed by atoms with Crippen LogP contribution in [-0.2, 0) is 10.0 Å². The number of fused-ring (bicyclic) bond motifs is 2. The molecule has 0 bridgehead atoms. The van der Waals surface area contributed by atoms with Gasteiger partial charge in [-0.3, -0.25) is 9.10 Å². The molecule has 0 aliphatic rings. The second kappa shape index (κ2) is 10.3. The molecule has 0 radical (unpaired) electrons. The summed E-state index contributed by atoms with van der Waals surface area (Å²) >= 11 is 0. The van der Waals surface area contributed by atoms with Crippen molar-refractivity contribution in [1.82, 2.24) is 20.3 Å². The van der Waals surface area contributed by atoms with E-state index < -0.39 is 33.4 Å². The Hall–Kier alpha value is -5.17. The molecule has 6 aromatic rings. The molecule has 3 heterocycles. The van der Waals surface area contributed by atoms with Gasteiger partial charge in [-0.15, -0.1) is 0 Å². The van der Waals surface area contributed by atoms with Gasteiger partial charge in [0, 0.05) is 47.6 Å². The van der Waals surface area contributed by atoms with E-state index in [1.54, 1.807) is 6.07 Å². The van der Waals surface area contributed by atoms with E-state index in [2.05, 4.69) is 20.3 Å². The van der Waals surface area contributed by atoms with Crippen LogP contribution >= 0.6 is 0 Å². The maximum atomic E-state index is 15.1. The number of carbonyl (C=O) groups excluding carboxylic acids is 1. The van der Waals surface area contributed by atoms with Gasteiger partial charge in [0.25, 0.3) is 5.91 Å². The molecule has 13 heteroatoms. The quantitative estimate of drug-likeness (QED) is 0.245. The van der Waals surface area contributed by atoms with Crippen LogP contribution in [0.2, 0.25) is 0 Å². The van der Waals surface area contributed by atoms with Crippen molar-refractivity contribution in [2.45, 2.75) is 0 Å². The standard InChI is InChI=1S/C30H22F3N5O4S/c1-34-30(39)26-19-11-18(29-35-14-21(33)27(37-29)23-12-17-20(32)5-4-6-22(17)36-23)24(38(2)43(3,40)41)13-25(19)42-28(26)15-7-9-16(31)10-8-15/h4-14,36H,1-3H3,(H,34,39). The van der Waals surface area contributed by atoms with Gasteiger partial charge in [0.1, 0.15) is 28.7 Å². The molecular weight excluding hydrogens is 583 g/mol. The molecular formula is C30H22F3N5O4S. The van der Waals surface area contributed by atoms with E-state index in [1.807, 2.05) is 0 Å². The largest absolute Gasteiger partial charge is 0.455 e. The van der Waals surface area contributed by atoms with Crippen molar-refractivity contribution < 1.29 is 30.8 Å². The number of aromatic amines is 1. The van der Waals surface area contributed by atoms with Crippen LogP contribution in [0.5, 0.6) is 0 Å². The number of halogens is 3. The summed E-state index contributed by atoms with van der Waals surface area (Å²) in [4.78, 5) is 24.6. The SMILES string of the molecule is CNC(=O)c1c(-c2ccc(F)cc2)oc2cc(N(C)S(C)(=O)=O)c(-c3ncc(F)c(-c4cc5c(F)cccc5[nH]4)n3)cc12. The Morgan fingerprint density at radius 3 is 2.42 bits per heavy atom. The Morgan fingerprint density at radius 2 is 1.74 bits per heavy atom. The molecule has 218 valence electrons. The van der Waals surface area contributed by atoms with Crippen molar-refractivity contribution in [3.05, 3.63) is 89.9 Å². The molecule has 0 saturated carbocycles. The zero-order chi connectivity index (χ0) is 30.6. The second-order valence-corrected chi connectivity index (χ2v) is 11.8. The minimum atomic E-state index is -3.84. The van der Waals surface area contributed by atoms with E-state index in [4.69, 9.17) is 4.42 Å². The summed E-state index contributed by atoms with van der Waals surface area (Å²) in [6.45, 7) is 0. The highest BCUT2D eigenvalue weighted by atomic mass is 32.2. The van der Waals surface area contributed by atoms with Gasteiger partial charge in [0.15, 0.2) is 11.6 Å². The Morgan fingerprint density at radius 1 is 1.00 bits per heavy atom. The van der Waals surface area contributed by atoms with Crippen molar-refractivity contribution in [1.29, 1.82) is 0 Å². The fourth-order valence-electron chi connectivity index (χ4n) is 4.84.